The maximum absolute atomic E-state index is 12.3. The number of nitrogens with zero attached hydrogens (tertiary/aromatic N) is 6. The summed E-state index contributed by atoms with van der Waals surface area (Å²) in [7, 11) is 3.39. The monoisotopic (exact) mass is 561 g/mol. The summed E-state index contributed by atoms with van der Waals surface area (Å²) in [5.74, 6) is 1.53. The predicted molar refractivity (Wildman–Crippen MR) is 149 cm³/mol. The fraction of sp³-hybridized carbons (Fsp3) is 0.259. The topological polar surface area (TPSA) is 132 Å². The molecule has 3 heterocycles. The molecule has 0 bridgehead atoms. The van der Waals surface area contributed by atoms with Crippen LogP contribution in [0.15, 0.2) is 60.8 Å². The van der Waals surface area contributed by atoms with E-state index in [1.807, 2.05) is 17.9 Å². The van der Waals surface area contributed by atoms with Gasteiger partial charge in [-0.2, -0.15) is 15.0 Å². The average molecular weight is 562 g/mol. The normalized spacial score (nSPS) is 14.9. The molecule has 0 spiro atoms. The van der Waals surface area contributed by atoms with Gasteiger partial charge in [-0.15, -0.1) is 0 Å². The van der Waals surface area contributed by atoms with Crippen molar-refractivity contribution in [1.82, 2.24) is 24.8 Å². The third kappa shape index (κ3) is 6.50. The van der Waals surface area contributed by atoms with E-state index in [1.54, 1.807) is 68.8 Å². The van der Waals surface area contributed by atoms with Crippen molar-refractivity contribution in [1.29, 1.82) is 0 Å². The van der Waals surface area contributed by atoms with Crippen molar-refractivity contribution in [3.63, 3.8) is 0 Å². The molecule has 12 nitrogen and oxygen atoms in total. The van der Waals surface area contributed by atoms with Gasteiger partial charge >= 0.3 is 12.1 Å². The smallest absolute Gasteiger partial charge is 0.418 e. The standard InChI is InChI=1S/C27H27N7O5S/c1-17-16-37-14-13-34(17)24-29-22(21-15-28-26(40-21)32-27(36)39-19-7-5-4-6-8-19)30-25(31-24)38-20-11-9-18(10-12-20)23(35)33(2)3/h4-12,15,17H,13-14,16H2,1-3H3,(H,28,32,36). The second-order valence-corrected chi connectivity index (χ2v) is 10.1. The summed E-state index contributed by atoms with van der Waals surface area (Å²) < 4.78 is 16.8. The molecule has 4 aromatic rings. The molecule has 40 heavy (non-hydrogen) atoms. The lowest BCUT2D eigenvalue weighted by molar-refractivity contribution is 0.0827. The highest BCUT2D eigenvalue weighted by atomic mass is 32.1. The molecule has 0 saturated carbocycles. The van der Waals surface area contributed by atoms with Crippen LogP contribution in [0, 0.1) is 0 Å². The quantitative estimate of drug-likeness (QED) is 0.348. The van der Waals surface area contributed by atoms with Crippen LogP contribution < -0.4 is 19.7 Å². The Morgan fingerprint density at radius 2 is 1.82 bits per heavy atom. The number of anilines is 2. The van der Waals surface area contributed by atoms with Crippen LogP contribution in [0.4, 0.5) is 15.9 Å². The van der Waals surface area contributed by atoms with E-state index in [0.29, 0.717) is 58.6 Å². The van der Waals surface area contributed by atoms with Crippen LogP contribution in [0.3, 0.4) is 0 Å². The molecule has 206 valence electrons. The number of thiazole rings is 1. The summed E-state index contributed by atoms with van der Waals surface area (Å²) in [5.41, 5.74) is 0.534. The predicted octanol–water partition coefficient (Wildman–Crippen LogP) is 4.33. The molecular weight excluding hydrogens is 534 g/mol. The van der Waals surface area contributed by atoms with Crippen LogP contribution in [0.5, 0.6) is 17.5 Å². The molecule has 1 fully saturated rings. The van der Waals surface area contributed by atoms with Crippen LogP contribution in [0.2, 0.25) is 0 Å². The molecule has 13 heteroatoms. The van der Waals surface area contributed by atoms with Gasteiger partial charge in [-0.25, -0.2) is 9.78 Å². The van der Waals surface area contributed by atoms with Gasteiger partial charge in [0.15, 0.2) is 11.0 Å². The molecular formula is C27H27N7O5S. The minimum absolute atomic E-state index is 0.0413. The highest BCUT2D eigenvalue weighted by Gasteiger charge is 2.24. The summed E-state index contributed by atoms with van der Waals surface area (Å²) in [5, 5.41) is 2.95. The summed E-state index contributed by atoms with van der Waals surface area (Å²) >= 11 is 1.19. The highest BCUT2D eigenvalue weighted by molar-refractivity contribution is 7.19. The molecule has 1 atom stereocenters. The largest absolute Gasteiger partial charge is 0.424 e. The summed E-state index contributed by atoms with van der Waals surface area (Å²) in [6.45, 7) is 3.71. The number of amides is 2. The molecule has 1 saturated heterocycles. The molecule has 0 aliphatic carbocycles. The Morgan fingerprint density at radius 3 is 2.55 bits per heavy atom. The van der Waals surface area contributed by atoms with Gasteiger partial charge in [0.2, 0.25) is 5.95 Å². The third-order valence-electron chi connectivity index (χ3n) is 5.83. The summed E-state index contributed by atoms with van der Waals surface area (Å²) in [6, 6.07) is 15.6. The van der Waals surface area contributed by atoms with Gasteiger partial charge in [0.25, 0.3) is 5.91 Å². The Balaban J connectivity index is 1.39. The van der Waals surface area contributed by atoms with Crippen LogP contribution >= 0.6 is 11.3 Å². The molecule has 1 aliphatic heterocycles. The molecule has 1 N–H and O–H groups in total. The molecule has 2 aromatic carbocycles. The van der Waals surface area contributed by atoms with E-state index in [0.717, 1.165) is 0 Å². The number of hydrogen-bond donors (Lipinski definition) is 1. The zero-order valence-corrected chi connectivity index (χ0v) is 22.9. The highest BCUT2D eigenvalue weighted by Crippen LogP contribution is 2.30. The van der Waals surface area contributed by atoms with Gasteiger partial charge in [-0.05, 0) is 43.3 Å². The van der Waals surface area contributed by atoms with Crippen LogP contribution in [0.25, 0.3) is 10.7 Å². The Hall–Kier alpha value is -4.62. The van der Waals surface area contributed by atoms with E-state index in [4.69, 9.17) is 14.2 Å². The average Bonchev–Trinajstić information content (AvgIpc) is 3.42. The number of ether oxygens (including phenoxy) is 3. The first-order valence-electron chi connectivity index (χ1n) is 12.5. The van der Waals surface area contributed by atoms with Crippen molar-refractivity contribution < 1.29 is 23.8 Å². The molecule has 0 radical (unpaired) electrons. The first-order valence-corrected chi connectivity index (χ1v) is 13.3. The lowest BCUT2D eigenvalue weighted by atomic mass is 10.2. The van der Waals surface area contributed by atoms with E-state index >= 15 is 0 Å². The van der Waals surface area contributed by atoms with Crippen molar-refractivity contribution in [2.24, 2.45) is 0 Å². The van der Waals surface area contributed by atoms with Crippen LogP contribution in [0.1, 0.15) is 17.3 Å². The molecule has 5 rings (SSSR count). The number of morpholine rings is 1. The fourth-order valence-corrected chi connectivity index (χ4v) is 4.56. The lowest BCUT2D eigenvalue weighted by Gasteiger charge is -2.33. The Labute approximate surface area is 234 Å². The Bertz CT molecular complexity index is 1480. The maximum Gasteiger partial charge on any atom is 0.418 e. The van der Waals surface area contributed by atoms with E-state index in [9.17, 15) is 9.59 Å². The third-order valence-corrected chi connectivity index (χ3v) is 6.74. The lowest BCUT2D eigenvalue weighted by Crippen LogP contribution is -2.44. The number of benzene rings is 2. The van der Waals surface area contributed by atoms with Gasteiger partial charge in [-0.1, -0.05) is 29.5 Å². The maximum atomic E-state index is 12.3. The summed E-state index contributed by atoms with van der Waals surface area (Å²) in [4.78, 5) is 46.7. The second-order valence-electron chi connectivity index (χ2n) is 9.04. The Kier molecular flexibility index (Phi) is 8.12. The van der Waals surface area contributed by atoms with Crippen molar-refractivity contribution in [2.75, 3.05) is 44.1 Å². The fourth-order valence-electron chi connectivity index (χ4n) is 3.83. The molecule has 1 unspecified atom stereocenters. The van der Waals surface area contributed by atoms with Crippen molar-refractivity contribution in [2.45, 2.75) is 13.0 Å². The van der Waals surface area contributed by atoms with Crippen LogP contribution in [-0.2, 0) is 4.74 Å². The first kappa shape index (κ1) is 27.0. The zero-order chi connectivity index (χ0) is 28.1. The number of nitrogens with one attached hydrogen (secondary N) is 1. The van der Waals surface area contributed by atoms with Crippen molar-refractivity contribution >= 4 is 34.4 Å². The summed E-state index contributed by atoms with van der Waals surface area (Å²) in [6.07, 6.45) is 0.904. The first-order chi connectivity index (χ1) is 19.4. The van der Waals surface area contributed by atoms with E-state index in [-0.39, 0.29) is 18.0 Å². The van der Waals surface area contributed by atoms with Crippen LogP contribution in [-0.4, -0.2) is 76.7 Å². The van der Waals surface area contributed by atoms with Crippen molar-refractivity contribution in [3.05, 3.63) is 66.4 Å². The van der Waals surface area contributed by atoms with Gasteiger partial charge in [0.1, 0.15) is 11.5 Å². The van der Waals surface area contributed by atoms with Gasteiger partial charge in [0.05, 0.1) is 30.3 Å². The second kappa shape index (κ2) is 12.1. The SMILES string of the molecule is CC1COCCN1c1nc(Oc2ccc(C(=O)N(C)C)cc2)nc(-c2cnc(NC(=O)Oc3ccccc3)s2)n1. The molecule has 1 aliphatic rings. The number of rotatable bonds is 7. The van der Waals surface area contributed by atoms with Gasteiger partial charge < -0.3 is 24.0 Å². The van der Waals surface area contributed by atoms with E-state index in [2.05, 4.69) is 25.3 Å². The van der Waals surface area contributed by atoms with E-state index in [1.165, 1.54) is 16.2 Å². The van der Waals surface area contributed by atoms with Gasteiger partial charge in [0, 0.05) is 26.2 Å². The number of hydrogen-bond acceptors (Lipinski definition) is 11. The molecule has 2 aromatic heterocycles. The number of para-hydroxylation sites is 1. The van der Waals surface area contributed by atoms with Crippen molar-refractivity contribution in [3.8, 4) is 28.2 Å². The van der Waals surface area contributed by atoms with Gasteiger partial charge in [-0.3, -0.25) is 10.1 Å². The Morgan fingerprint density at radius 1 is 1.05 bits per heavy atom. The minimum Gasteiger partial charge on any atom is -0.424 e. The molecule has 2 amide bonds. The minimum atomic E-state index is -0.661. The zero-order valence-electron chi connectivity index (χ0n) is 22.1. The number of carbonyl (C=O) groups excluding carboxylic acids is 2. The number of aromatic nitrogens is 4. The van der Waals surface area contributed by atoms with E-state index < -0.39 is 6.09 Å². The number of carbonyl (C=O) groups is 2.